The van der Waals surface area contributed by atoms with Crippen LogP contribution in [0.4, 0.5) is 4.39 Å². The first-order chi connectivity index (χ1) is 10.3. The van der Waals surface area contributed by atoms with Gasteiger partial charge in [0.25, 0.3) is 0 Å². The van der Waals surface area contributed by atoms with Crippen LogP contribution in [0.15, 0.2) is 29.3 Å². The molecule has 1 aliphatic rings. The molecular weight excluding hydrogens is 285 g/mol. The highest BCUT2D eigenvalue weighted by molar-refractivity contribution is 8.00. The van der Waals surface area contributed by atoms with Crippen LogP contribution < -0.4 is 10.6 Å². The monoisotopic (exact) mass is 309 g/mol. The highest BCUT2D eigenvalue weighted by Gasteiger charge is 2.14. The fraction of sp³-hybridized carbons (Fsp3) is 0.562. The summed E-state index contributed by atoms with van der Waals surface area (Å²) in [5.74, 6) is 1.97. The summed E-state index contributed by atoms with van der Waals surface area (Å²) in [6, 6.07) is 6.67. The summed E-state index contributed by atoms with van der Waals surface area (Å²) in [5.41, 5.74) is 1.13. The molecular formula is C16H24FN3S. The number of hydrogen-bond donors (Lipinski definition) is 2. The van der Waals surface area contributed by atoms with Crippen molar-refractivity contribution >= 4 is 17.7 Å². The summed E-state index contributed by atoms with van der Waals surface area (Å²) in [6.45, 7) is 4.62. The zero-order chi connectivity index (χ0) is 14.9. The minimum absolute atomic E-state index is 0.185. The molecule has 0 saturated carbocycles. The Bertz CT molecular complexity index is 441. The lowest BCUT2D eigenvalue weighted by atomic mass is 10.1. The first kappa shape index (κ1) is 16.1. The largest absolute Gasteiger partial charge is 0.357 e. The summed E-state index contributed by atoms with van der Waals surface area (Å²) < 4.78 is 12.8. The van der Waals surface area contributed by atoms with E-state index < -0.39 is 0 Å². The molecule has 1 aromatic carbocycles. The quantitative estimate of drug-likeness (QED) is 0.627. The van der Waals surface area contributed by atoms with Crippen LogP contribution in [0.25, 0.3) is 0 Å². The van der Waals surface area contributed by atoms with E-state index in [0.29, 0.717) is 5.25 Å². The van der Waals surface area contributed by atoms with Crippen LogP contribution in [-0.2, 0) is 6.42 Å². The van der Waals surface area contributed by atoms with Crippen LogP contribution in [0.3, 0.4) is 0 Å². The predicted molar refractivity (Wildman–Crippen MR) is 89.6 cm³/mol. The van der Waals surface area contributed by atoms with Crippen molar-refractivity contribution in [3.05, 3.63) is 35.6 Å². The second-order valence-corrected chi connectivity index (χ2v) is 6.57. The van der Waals surface area contributed by atoms with E-state index in [1.165, 1.54) is 30.7 Å². The van der Waals surface area contributed by atoms with E-state index in [1.54, 1.807) is 0 Å². The van der Waals surface area contributed by atoms with Gasteiger partial charge in [0.2, 0.25) is 0 Å². The molecule has 1 atom stereocenters. The molecule has 0 bridgehead atoms. The first-order valence-corrected chi connectivity index (χ1v) is 8.71. The van der Waals surface area contributed by atoms with E-state index in [2.05, 4.69) is 22.5 Å². The summed E-state index contributed by atoms with van der Waals surface area (Å²) in [7, 11) is 0. The fourth-order valence-corrected chi connectivity index (χ4v) is 3.48. The number of benzene rings is 1. The Morgan fingerprint density at radius 3 is 2.81 bits per heavy atom. The van der Waals surface area contributed by atoms with Crippen molar-refractivity contribution in [2.75, 3.05) is 25.4 Å². The van der Waals surface area contributed by atoms with Crippen LogP contribution in [-0.4, -0.2) is 36.6 Å². The van der Waals surface area contributed by atoms with Gasteiger partial charge in [-0.1, -0.05) is 12.1 Å². The van der Waals surface area contributed by atoms with Gasteiger partial charge in [-0.3, -0.25) is 4.99 Å². The Balaban J connectivity index is 1.76. The third-order valence-electron chi connectivity index (χ3n) is 3.44. The molecule has 0 radical (unpaired) electrons. The van der Waals surface area contributed by atoms with Gasteiger partial charge in [-0.15, -0.1) is 0 Å². The maximum Gasteiger partial charge on any atom is 0.191 e. The predicted octanol–water partition coefficient (Wildman–Crippen LogP) is 2.82. The molecule has 1 fully saturated rings. The molecule has 1 heterocycles. The molecule has 1 unspecified atom stereocenters. The van der Waals surface area contributed by atoms with Crippen LogP contribution >= 0.6 is 11.8 Å². The van der Waals surface area contributed by atoms with Crippen LogP contribution in [0.1, 0.15) is 25.3 Å². The molecule has 116 valence electrons. The standard InChI is InChI=1S/C16H24FN3S/c1-2-18-16(20-12-15-4-3-11-21-15)19-10-9-13-5-7-14(17)8-6-13/h5-8,15H,2-4,9-12H2,1H3,(H2,18,19,20). The van der Waals surface area contributed by atoms with Gasteiger partial charge in [-0.25, -0.2) is 4.39 Å². The van der Waals surface area contributed by atoms with Gasteiger partial charge in [-0.2, -0.15) is 11.8 Å². The highest BCUT2D eigenvalue weighted by Crippen LogP contribution is 2.25. The lowest BCUT2D eigenvalue weighted by Gasteiger charge is -2.12. The lowest BCUT2D eigenvalue weighted by molar-refractivity contribution is 0.626. The van der Waals surface area contributed by atoms with E-state index in [0.717, 1.165) is 37.6 Å². The third-order valence-corrected chi connectivity index (χ3v) is 4.82. The zero-order valence-corrected chi connectivity index (χ0v) is 13.4. The van der Waals surface area contributed by atoms with E-state index >= 15 is 0 Å². The molecule has 21 heavy (non-hydrogen) atoms. The molecule has 0 aromatic heterocycles. The summed E-state index contributed by atoms with van der Waals surface area (Å²) in [6.07, 6.45) is 3.46. The molecule has 1 aliphatic heterocycles. The van der Waals surface area contributed by atoms with E-state index in [1.807, 2.05) is 23.9 Å². The number of aliphatic imine (C=N–C) groups is 1. The number of rotatable bonds is 6. The molecule has 2 rings (SSSR count). The van der Waals surface area contributed by atoms with Crippen LogP contribution in [0, 0.1) is 5.82 Å². The topological polar surface area (TPSA) is 36.4 Å². The number of nitrogens with one attached hydrogen (secondary N) is 2. The van der Waals surface area contributed by atoms with Gasteiger partial charge in [0.05, 0.1) is 6.54 Å². The van der Waals surface area contributed by atoms with Gasteiger partial charge in [0.1, 0.15) is 5.82 Å². The molecule has 1 saturated heterocycles. The smallest absolute Gasteiger partial charge is 0.191 e. The highest BCUT2D eigenvalue weighted by atomic mass is 32.2. The summed E-state index contributed by atoms with van der Waals surface area (Å²) in [5, 5.41) is 7.29. The van der Waals surface area contributed by atoms with Gasteiger partial charge >= 0.3 is 0 Å². The Hall–Kier alpha value is -1.23. The Kier molecular flexibility index (Phi) is 6.86. The van der Waals surface area contributed by atoms with Gasteiger partial charge in [0.15, 0.2) is 5.96 Å². The molecule has 1 aromatic rings. The lowest BCUT2D eigenvalue weighted by Crippen LogP contribution is -2.38. The maximum atomic E-state index is 12.8. The molecule has 2 N–H and O–H groups in total. The van der Waals surface area contributed by atoms with Crippen molar-refractivity contribution in [1.82, 2.24) is 10.6 Å². The van der Waals surface area contributed by atoms with Crippen LogP contribution in [0.5, 0.6) is 0 Å². The summed E-state index contributed by atoms with van der Waals surface area (Å²) >= 11 is 2.03. The van der Waals surface area contributed by atoms with Crippen molar-refractivity contribution in [2.24, 2.45) is 4.99 Å². The zero-order valence-electron chi connectivity index (χ0n) is 12.6. The molecule has 0 amide bonds. The molecule has 0 spiro atoms. The van der Waals surface area contributed by atoms with E-state index in [9.17, 15) is 4.39 Å². The van der Waals surface area contributed by atoms with Crippen molar-refractivity contribution in [2.45, 2.75) is 31.4 Å². The average Bonchev–Trinajstić information content (AvgIpc) is 3.00. The van der Waals surface area contributed by atoms with Crippen molar-refractivity contribution in [1.29, 1.82) is 0 Å². The average molecular weight is 309 g/mol. The second kappa shape index (κ2) is 8.93. The van der Waals surface area contributed by atoms with Crippen molar-refractivity contribution < 1.29 is 4.39 Å². The SMILES string of the molecule is CCNC(=NCC1CCCS1)NCCc1ccc(F)cc1. The minimum atomic E-state index is -0.185. The van der Waals surface area contributed by atoms with Crippen molar-refractivity contribution in [3.8, 4) is 0 Å². The van der Waals surface area contributed by atoms with Crippen LogP contribution in [0.2, 0.25) is 0 Å². The van der Waals surface area contributed by atoms with Crippen molar-refractivity contribution in [3.63, 3.8) is 0 Å². The van der Waals surface area contributed by atoms with Gasteiger partial charge in [0, 0.05) is 18.3 Å². The number of guanidine groups is 1. The van der Waals surface area contributed by atoms with Gasteiger partial charge in [-0.05, 0) is 49.6 Å². The Morgan fingerprint density at radius 2 is 2.14 bits per heavy atom. The molecule has 5 heteroatoms. The first-order valence-electron chi connectivity index (χ1n) is 7.66. The summed E-state index contributed by atoms with van der Waals surface area (Å²) in [4.78, 5) is 4.65. The molecule has 0 aliphatic carbocycles. The number of nitrogens with zero attached hydrogens (tertiary/aromatic N) is 1. The third kappa shape index (κ3) is 5.96. The number of hydrogen-bond acceptors (Lipinski definition) is 2. The van der Waals surface area contributed by atoms with E-state index in [4.69, 9.17) is 0 Å². The Morgan fingerprint density at radius 1 is 1.33 bits per heavy atom. The molecule has 3 nitrogen and oxygen atoms in total. The number of halogens is 1. The maximum absolute atomic E-state index is 12.8. The fourth-order valence-electron chi connectivity index (χ4n) is 2.30. The number of thioether (sulfide) groups is 1. The Labute approximate surface area is 130 Å². The van der Waals surface area contributed by atoms with Gasteiger partial charge < -0.3 is 10.6 Å². The minimum Gasteiger partial charge on any atom is -0.357 e. The normalized spacial score (nSPS) is 18.8. The van der Waals surface area contributed by atoms with E-state index in [-0.39, 0.29) is 5.82 Å². The second-order valence-electron chi connectivity index (χ2n) is 5.16.